The number of rotatable bonds is 4. The van der Waals surface area contributed by atoms with Gasteiger partial charge in [-0.15, -0.1) is 0 Å². The number of nitrogens with zero attached hydrogens (tertiary/aromatic N) is 5. The van der Waals surface area contributed by atoms with Gasteiger partial charge in [-0.1, -0.05) is 41.6 Å². The molecular weight excluding hydrogens is 407 g/mol. The van der Waals surface area contributed by atoms with Gasteiger partial charge in [0.15, 0.2) is 0 Å². The number of halogens is 3. The molecule has 0 bridgehead atoms. The van der Waals surface area contributed by atoms with Crippen molar-refractivity contribution in [3.63, 3.8) is 0 Å². The second kappa shape index (κ2) is 7.35. The summed E-state index contributed by atoms with van der Waals surface area (Å²) >= 11 is 0. The second-order valence-electron chi connectivity index (χ2n) is 6.86. The van der Waals surface area contributed by atoms with Crippen molar-refractivity contribution in [1.29, 1.82) is 0 Å². The third-order valence-corrected chi connectivity index (χ3v) is 4.81. The maximum absolute atomic E-state index is 12.7. The van der Waals surface area contributed by atoms with Crippen LogP contribution in [0.25, 0.3) is 33.8 Å². The summed E-state index contributed by atoms with van der Waals surface area (Å²) in [5.41, 5.74) is 4.17. The van der Waals surface area contributed by atoms with Crippen LogP contribution in [0.15, 0.2) is 77.6 Å². The van der Waals surface area contributed by atoms with Crippen LogP contribution in [-0.4, -0.2) is 24.7 Å². The van der Waals surface area contributed by atoms with Crippen molar-refractivity contribution in [2.75, 3.05) is 0 Å². The van der Waals surface area contributed by atoms with Gasteiger partial charge >= 0.3 is 12.1 Å². The fourth-order valence-corrected chi connectivity index (χ4v) is 3.35. The van der Waals surface area contributed by atoms with Gasteiger partial charge in [0, 0.05) is 30.1 Å². The van der Waals surface area contributed by atoms with Crippen molar-refractivity contribution in [1.82, 2.24) is 24.7 Å². The molecule has 0 aliphatic heterocycles. The quantitative estimate of drug-likeness (QED) is 0.398. The Morgan fingerprint density at radius 1 is 0.839 bits per heavy atom. The van der Waals surface area contributed by atoms with Crippen molar-refractivity contribution in [2.45, 2.75) is 12.7 Å². The van der Waals surface area contributed by atoms with E-state index in [4.69, 9.17) is 4.98 Å². The Hall–Kier alpha value is -4.01. The number of hydrogen-bond acceptors (Lipinski definition) is 5. The molecule has 0 spiro atoms. The van der Waals surface area contributed by atoms with Gasteiger partial charge in [-0.3, -0.25) is 4.98 Å². The van der Waals surface area contributed by atoms with E-state index in [1.165, 1.54) is 0 Å². The topological polar surface area (TPSA) is 69.6 Å². The monoisotopic (exact) mass is 421 g/mol. The van der Waals surface area contributed by atoms with Crippen LogP contribution in [0.3, 0.4) is 0 Å². The maximum atomic E-state index is 12.7. The Morgan fingerprint density at radius 2 is 1.58 bits per heavy atom. The molecule has 0 N–H and O–H groups in total. The minimum absolute atomic E-state index is 0.107. The number of imidazole rings is 1. The highest BCUT2D eigenvalue weighted by molar-refractivity contribution is 5.80. The van der Waals surface area contributed by atoms with Gasteiger partial charge in [0.1, 0.15) is 5.82 Å². The normalized spacial score (nSPS) is 11.8. The van der Waals surface area contributed by atoms with Crippen LogP contribution >= 0.6 is 0 Å². The van der Waals surface area contributed by atoms with E-state index in [2.05, 4.69) is 24.2 Å². The van der Waals surface area contributed by atoms with Gasteiger partial charge < -0.3 is 9.09 Å². The maximum Gasteiger partial charge on any atom is 0.471 e. The summed E-state index contributed by atoms with van der Waals surface area (Å²) < 4.78 is 44.5. The van der Waals surface area contributed by atoms with Gasteiger partial charge in [0.25, 0.3) is 0 Å². The van der Waals surface area contributed by atoms with E-state index in [1.54, 1.807) is 24.5 Å². The molecule has 0 saturated carbocycles. The molecule has 0 aliphatic rings. The molecule has 9 heteroatoms. The number of hydrogen-bond donors (Lipinski definition) is 0. The molecule has 154 valence electrons. The summed E-state index contributed by atoms with van der Waals surface area (Å²) in [5.74, 6) is -0.663. The molecule has 5 rings (SSSR count). The predicted molar refractivity (Wildman–Crippen MR) is 107 cm³/mol. The molecule has 0 radical (unpaired) electrons. The van der Waals surface area contributed by atoms with Crippen LogP contribution in [0.5, 0.6) is 0 Å². The zero-order valence-electron chi connectivity index (χ0n) is 15.9. The van der Waals surface area contributed by atoms with Crippen molar-refractivity contribution in [2.24, 2.45) is 0 Å². The fraction of sp³-hybridized carbons (Fsp3) is 0.0909. The van der Waals surface area contributed by atoms with E-state index in [-0.39, 0.29) is 5.82 Å². The second-order valence-corrected chi connectivity index (χ2v) is 6.86. The minimum atomic E-state index is -4.67. The third kappa shape index (κ3) is 3.65. The van der Waals surface area contributed by atoms with Crippen LogP contribution in [0.1, 0.15) is 11.5 Å². The van der Waals surface area contributed by atoms with Crippen molar-refractivity contribution < 1.29 is 17.7 Å². The largest absolute Gasteiger partial charge is 0.471 e. The van der Waals surface area contributed by atoms with E-state index in [9.17, 15) is 13.2 Å². The van der Waals surface area contributed by atoms with E-state index < -0.39 is 12.1 Å². The van der Waals surface area contributed by atoms with Crippen molar-refractivity contribution in [3.8, 4) is 22.8 Å². The summed E-state index contributed by atoms with van der Waals surface area (Å²) in [6.07, 6.45) is -1.24. The van der Waals surface area contributed by atoms with Crippen LogP contribution in [0, 0.1) is 0 Å². The van der Waals surface area contributed by atoms with Crippen LogP contribution in [0.4, 0.5) is 13.2 Å². The lowest BCUT2D eigenvalue weighted by Crippen LogP contribution is -2.04. The van der Waals surface area contributed by atoms with E-state index in [1.807, 2.05) is 48.5 Å². The lowest BCUT2D eigenvalue weighted by Gasteiger charge is -2.10. The number of pyridine rings is 1. The van der Waals surface area contributed by atoms with Crippen LogP contribution in [0.2, 0.25) is 0 Å². The van der Waals surface area contributed by atoms with Gasteiger partial charge in [0.2, 0.25) is 5.82 Å². The van der Waals surface area contributed by atoms with Crippen LogP contribution < -0.4 is 0 Å². The number of alkyl halides is 3. The summed E-state index contributed by atoms with van der Waals surface area (Å²) in [6, 6.07) is 18.6. The lowest BCUT2D eigenvalue weighted by atomic mass is 10.1. The van der Waals surface area contributed by atoms with Crippen molar-refractivity contribution in [3.05, 3.63) is 84.5 Å². The number of para-hydroxylation sites is 2. The average molecular weight is 421 g/mol. The first kappa shape index (κ1) is 19.0. The first-order valence-corrected chi connectivity index (χ1v) is 9.35. The van der Waals surface area contributed by atoms with Gasteiger partial charge in [-0.2, -0.15) is 18.2 Å². The first-order valence-electron chi connectivity index (χ1n) is 9.35. The molecule has 0 fully saturated rings. The zero-order valence-corrected chi connectivity index (χ0v) is 15.9. The SMILES string of the molecule is FC(F)(F)c1nc(-c2ccc(Cn3c(-c4ccncc4)nc4ccccc43)cc2)no1. The predicted octanol–water partition coefficient (Wildman–Crippen LogP) is 5.22. The Labute approximate surface area is 174 Å². The zero-order chi connectivity index (χ0) is 21.4. The highest BCUT2D eigenvalue weighted by atomic mass is 19.4. The summed E-state index contributed by atoms with van der Waals surface area (Å²) in [4.78, 5) is 12.3. The number of benzene rings is 2. The summed E-state index contributed by atoms with van der Waals surface area (Å²) in [5, 5.41) is 3.43. The first-order chi connectivity index (χ1) is 15.0. The third-order valence-electron chi connectivity index (χ3n) is 4.81. The Balaban J connectivity index is 1.49. The molecule has 0 amide bonds. The van der Waals surface area contributed by atoms with Crippen LogP contribution in [-0.2, 0) is 12.7 Å². The minimum Gasteiger partial charge on any atom is -0.329 e. The molecule has 3 aromatic heterocycles. The molecule has 0 saturated heterocycles. The standard InChI is InChI=1S/C22H14F3N5O/c23-22(24,25)21-28-19(29-31-21)15-7-5-14(6-8-15)13-30-18-4-2-1-3-17(18)27-20(30)16-9-11-26-12-10-16/h1-12H,13H2. The summed E-state index contributed by atoms with van der Waals surface area (Å²) in [7, 11) is 0. The summed E-state index contributed by atoms with van der Waals surface area (Å²) in [6.45, 7) is 0.526. The molecular formula is C22H14F3N5O. The lowest BCUT2D eigenvalue weighted by molar-refractivity contribution is -0.159. The molecule has 3 heterocycles. The Morgan fingerprint density at radius 3 is 2.29 bits per heavy atom. The Bertz CT molecular complexity index is 1340. The molecule has 2 aromatic carbocycles. The van der Waals surface area contributed by atoms with E-state index >= 15 is 0 Å². The number of aromatic nitrogens is 5. The van der Waals surface area contributed by atoms with Gasteiger partial charge in [-0.25, -0.2) is 4.98 Å². The van der Waals surface area contributed by atoms with E-state index in [0.717, 1.165) is 28.0 Å². The highest BCUT2D eigenvalue weighted by Crippen LogP contribution is 2.30. The van der Waals surface area contributed by atoms with E-state index in [0.29, 0.717) is 12.1 Å². The molecule has 6 nitrogen and oxygen atoms in total. The average Bonchev–Trinajstić information content (AvgIpc) is 3.41. The smallest absolute Gasteiger partial charge is 0.329 e. The van der Waals surface area contributed by atoms with Gasteiger partial charge in [0.05, 0.1) is 11.0 Å². The molecule has 0 aliphatic carbocycles. The fourth-order valence-electron chi connectivity index (χ4n) is 3.35. The molecule has 0 atom stereocenters. The molecule has 0 unspecified atom stereocenters. The van der Waals surface area contributed by atoms with Crippen molar-refractivity contribution >= 4 is 11.0 Å². The Kier molecular flexibility index (Phi) is 4.50. The van der Waals surface area contributed by atoms with Gasteiger partial charge in [-0.05, 0) is 29.8 Å². The highest BCUT2D eigenvalue weighted by Gasteiger charge is 2.38. The molecule has 31 heavy (non-hydrogen) atoms. The molecule has 5 aromatic rings. The number of fused-ring (bicyclic) bond motifs is 1.